The van der Waals surface area contributed by atoms with Gasteiger partial charge in [0.1, 0.15) is 0 Å². The Bertz CT molecular complexity index is 139. The number of carbonyl (C=O) groups is 1. The van der Waals surface area contributed by atoms with Gasteiger partial charge in [-0.3, -0.25) is 4.79 Å². The fourth-order valence-corrected chi connectivity index (χ4v) is 0.833. The molecule has 0 saturated carbocycles. The van der Waals surface area contributed by atoms with E-state index in [4.69, 9.17) is 9.84 Å². The Labute approximate surface area is 79.3 Å². The first kappa shape index (κ1) is 12.4. The van der Waals surface area contributed by atoms with E-state index in [0.29, 0.717) is 19.8 Å². The minimum Gasteiger partial charge on any atom is -0.395 e. The zero-order valence-corrected chi connectivity index (χ0v) is 8.38. The van der Waals surface area contributed by atoms with Crippen molar-refractivity contribution in [1.82, 2.24) is 5.32 Å². The lowest BCUT2D eigenvalue weighted by molar-refractivity contribution is -0.126. The highest BCUT2D eigenvalue weighted by atomic mass is 16.5. The van der Waals surface area contributed by atoms with Crippen LogP contribution in [-0.4, -0.2) is 37.4 Å². The highest BCUT2D eigenvalue weighted by Crippen LogP contribution is 1.96. The lowest BCUT2D eigenvalue weighted by Crippen LogP contribution is -2.33. The maximum absolute atomic E-state index is 11.2. The molecule has 0 aliphatic heterocycles. The molecule has 0 aromatic carbocycles. The van der Waals surface area contributed by atoms with E-state index in [9.17, 15) is 4.79 Å². The van der Waals surface area contributed by atoms with Crippen LogP contribution in [0.2, 0.25) is 0 Å². The molecule has 0 aromatic heterocycles. The molecule has 13 heavy (non-hydrogen) atoms. The second kappa shape index (κ2) is 8.01. The van der Waals surface area contributed by atoms with E-state index in [1.54, 1.807) is 0 Å². The first-order valence-corrected chi connectivity index (χ1v) is 4.68. The first-order valence-electron chi connectivity index (χ1n) is 4.68. The number of amides is 1. The molecule has 0 aliphatic rings. The lowest BCUT2D eigenvalue weighted by Gasteiger charge is -2.11. The smallest absolute Gasteiger partial charge is 0.225 e. The van der Waals surface area contributed by atoms with Gasteiger partial charge in [0.05, 0.1) is 19.1 Å². The summed E-state index contributed by atoms with van der Waals surface area (Å²) in [4.78, 5) is 11.2. The van der Waals surface area contributed by atoms with Gasteiger partial charge in [-0.25, -0.2) is 0 Å². The fraction of sp³-hybridized carbons (Fsp3) is 0.889. The van der Waals surface area contributed by atoms with Crippen LogP contribution in [-0.2, 0) is 9.53 Å². The molecule has 0 aromatic rings. The summed E-state index contributed by atoms with van der Waals surface area (Å²) < 4.78 is 5.22. The number of ether oxygens (including phenoxy) is 1. The average molecular weight is 189 g/mol. The minimum atomic E-state index is -0.141. The van der Waals surface area contributed by atoms with Gasteiger partial charge in [-0.15, -0.1) is 0 Å². The molecule has 0 bridgehead atoms. The van der Waals surface area contributed by atoms with E-state index in [-0.39, 0.29) is 18.4 Å². The van der Waals surface area contributed by atoms with Gasteiger partial charge in [0.15, 0.2) is 0 Å². The van der Waals surface area contributed by atoms with Crippen LogP contribution in [0, 0.1) is 5.92 Å². The second-order valence-corrected chi connectivity index (χ2v) is 2.99. The highest BCUT2D eigenvalue weighted by molar-refractivity contribution is 5.78. The van der Waals surface area contributed by atoms with Gasteiger partial charge in [-0.1, -0.05) is 13.8 Å². The molecule has 1 unspecified atom stereocenters. The van der Waals surface area contributed by atoms with Crippen molar-refractivity contribution in [2.45, 2.75) is 20.3 Å². The molecule has 0 saturated heterocycles. The summed E-state index contributed by atoms with van der Waals surface area (Å²) in [6, 6.07) is 0. The van der Waals surface area contributed by atoms with Crippen LogP contribution in [0.25, 0.3) is 0 Å². The number of carbonyl (C=O) groups excluding carboxylic acids is 1. The Morgan fingerprint density at radius 2 is 2.31 bits per heavy atom. The Morgan fingerprint density at radius 1 is 1.62 bits per heavy atom. The van der Waals surface area contributed by atoms with Crippen molar-refractivity contribution >= 4 is 5.91 Å². The summed E-state index contributed by atoms with van der Waals surface area (Å²) in [6.45, 7) is 5.27. The monoisotopic (exact) mass is 189 g/mol. The third kappa shape index (κ3) is 6.54. The molecule has 4 nitrogen and oxygen atoms in total. The van der Waals surface area contributed by atoms with Crippen molar-refractivity contribution in [2.75, 3.05) is 26.4 Å². The molecule has 4 heteroatoms. The molecule has 0 spiro atoms. The highest BCUT2D eigenvalue weighted by Gasteiger charge is 2.11. The van der Waals surface area contributed by atoms with Crippen LogP contribution in [0.15, 0.2) is 0 Å². The predicted molar refractivity (Wildman–Crippen MR) is 50.4 cm³/mol. The Hall–Kier alpha value is -0.610. The normalized spacial score (nSPS) is 12.5. The van der Waals surface area contributed by atoms with Crippen LogP contribution >= 0.6 is 0 Å². The third-order valence-corrected chi connectivity index (χ3v) is 1.57. The van der Waals surface area contributed by atoms with Crippen molar-refractivity contribution in [2.24, 2.45) is 5.92 Å². The summed E-state index contributed by atoms with van der Waals surface area (Å²) in [5, 5.41) is 11.1. The number of rotatable bonds is 7. The van der Waals surface area contributed by atoms with Crippen LogP contribution in [0.4, 0.5) is 0 Å². The van der Waals surface area contributed by atoms with Gasteiger partial charge in [-0.2, -0.15) is 0 Å². The molecular weight excluding hydrogens is 170 g/mol. The van der Waals surface area contributed by atoms with Crippen LogP contribution in [0.3, 0.4) is 0 Å². The van der Waals surface area contributed by atoms with Crippen LogP contribution in [0.1, 0.15) is 20.3 Å². The number of hydrogen-bond donors (Lipinski definition) is 2. The molecule has 0 aliphatic carbocycles. The van der Waals surface area contributed by atoms with E-state index in [1.165, 1.54) is 0 Å². The minimum absolute atomic E-state index is 0.0196. The van der Waals surface area contributed by atoms with Crippen molar-refractivity contribution in [1.29, 1.82) is 0 Å². The molecular formula is C9H19NO3. The zero-order valence-electron chi connectivity index (χ0n) is 8.38. The zero-order chi connectivity index (χ0) is 10.1. The van der Waals surface area contributed by atoms with Gasteiger partial charge in [0.2, 0.25) is 5.91 Å². The maximum atomic E-state index is 11.2. The predicted octanol–water partition coefficient (Wildman–Crippen LogP) is 0.158. The molecule has 0 heterocycles. The van der Waals surface area contributed by atoms with E-state index in [2.05, 4.69) is 5.32 Å². The number of nitrogens with one attached hydrogen (secondary N) is 1. The van der Waals surface area contributed by atoms with Gasteiger partial charge in [-0.05, 0) is 6.42 Å². The van der Waals surface area contributed by atoms with E-state index in [0.717, 1.165) is 6.42 Å². The second-order valence-electron chi connectivity index (χ2n) is 2.99. The summed E-state index contributed by atoms with van der Waals surface area (Å²) in [6.07, 6.45) is 0.963. The topological polar surface area (TPSA) is 58.6 Å². The summed E-state index contributed by atoms with van der Waals surface area (Å²) >= 11 is 0. The van der Waals surface area contributed by atoms with E-state index in [1.807, 2.05) is 13.8 Å². The maximum Gasteiger partial charge on any atom is 0.225 e. The molecule has 0 radical (unpaired) electrons. The molecule has 78 valence electrons. The van der Waals surface area contributed by atoms with Crippen molar-refractivity contribution in [3.63, 3.8) is 0 Å². The Morgan fingerprint density at radius 3 is 2.85 bits per heavy atom. The Balaban J connectivity index is 3.45. The number of aliphatic hydroxyl groups excluding tert-OH is 1. The molecule has 2 N–H and O–H groups in total. The SMILES string of the molecule is CCCOCC(C)C(=O)NCCO. The molecule has 0 rings (SSSR count). The van der Waals surface area contributed by atoms with Gasteiger partial charge in [0, 0.05) is 13.2 Å². The summed E-state index contributed by atoms with van der Waals surface area (Å²) in [5.41, 5.74) is 0. The third-order valence-electron chi connectivity index (χ3n) is 1.57. The lowest BCUT2D eigenvalue weighted by atomic mass is 10.2. The van der Waals surface area contributed by atoms with Crippen molar-refractivity contribution in [3.8, 4) is 0 Å². The van der Waals surface area contributed by atoms with Crippen molar-refractivity contribution < 1.29 is 14.6 Å². The fourth-order valence-electron chi connectivity index (χ4n) is 0.833. The van der Waals surface area contributed by atoms with Crippen molar-refractivity contribution in [3.05, 3.63) is 0 Å². The average Bonchev–Trinajstić information content (AvgIpc) is 2.14. The molecule has 1 atom stereocenters. The molecule has 0 fully saturated rings. The molecule has 1 amide bonds. The quantitative estimate of drug-likeness (QED) is 0.561. The van der Waals surface area contributed by atoms with Crippen LogP contribution in [0.5, 0.6) is 0 Å². The van der Waals surface area contributed by atoms with E-state index < -0.39 is 0 Å². The van der Waals surface area contributed by atoms with Gasteiger partial charge < -0.3 is 15.2 Å². The van der Waals surface area contributed by atoms with E-state index >= 15 is 0 Å². The van der Waals surface area contributed by atoms with Gasteiger partial charge >= 0.3 is 0 Å². The number of aliphatic hydroxyl groups is 1. The first-order chi connectivity index (χ1) is 6.22. The largest absolute Gasteiger partial charge is 0.395 e. The standard InChI is InChI=1S/C9H19NO3/c1-3-6-13-7-8(2)9(12)10-4-5-11/h8,11H,3-7H2,1-2H3,(H,10,12). The Kier molecular flexibility index (Phi) is 7.63. The van der Waals surface area contributed by atoms with Gasteiger partial charge in [0.25, 0.3) is 0 Å². The van der Waals surface area contributed by atoms with Crippen LogP contribution < -0.4 is 5.32 Å². The summed E-state index contributed by atoms with van der Waals surface area (Å²) in [7, 11) is 0. The number of hydrogen-bond acceptors (Lipinski definition) is 3. The summed E-state index contributed by atoms with van der Waals surface area (Å²) in [5.74, 6) is -0.205.